The van der Waals surface area contributed by atoms with E-state index in [0.717, 1.165) is 6.42 Å². The van der Waals surface area contributed by atoms with Crippen LogP contribution in [-0.4, -0.2) is 30.9 Å². The van der Waals surface area contributed by atoms with Crippen molar-refractivity contribution in [2.24, 2.45) is 11.7 Å². The third kappa shape index (κ3) is 3.14. The lowest BCUT2D eigenvalue weighted by Crippen LogP contribution is -2.48. The van der Waals surface area contributed by atoms with Crippen LogP contribution < -0.4 is 15.4 Å². The van der Waals surface area contributed by atoms with Crippen molar-refractivity contribution < 1.29 is 14.3 Å². The summed E-state index contributed by atoms with van der Waals surface area (Å²) in [7, 11) is 0. The van der Waals surface area contributed by atoms with Gasteiger partial charge in [-0.05, 0) is 37.1 Å². The number of carbonyl (C=O) groups is 2. The van der Waals surface area contributed by atoms with Gasteiger partial charge in [-0.25, -0.2) is 0 Å². The number of ketones is 1. The summed E-state index contributed by atoms with van der Waals surface area (Å²) in [5, 5.41) is 0. The Kier molecular flexibility index (Phi) is 5.19. The summed E-state index contributed by atoms with van der Waals surface area (Å²) < 4.78 is 5.85. The number of hydrogen-bond donors (Lipinski definition) is 1. The number of rotatable bonds is 6. The molecule has 0 radical (unpaired) electrons. The molecule has 0 fully saturated rings. The van der Waals surface area contributed by atoms with E-state index in [-0.39, 0.29) is 17.6 Å². The molecule has 1 atom stereocenters. The molecule has 5 heteroatoms. The molecule has 0 aromatic heterocycles. The van der Waals surface area contributed by atoms with E-state index >= 15 is 0 Å². The summed E-state index contributed by atoms with van der Waals surface area (Å²) in [6.45, 7) is 6.90. The lowest BCUT2D eigenvalue weighted by atomic mass is 10.0. The molecule has 0 saturated carbocycles. The van der Waals surface area contributed by atoms with Gasteiger partial charge in [-0.1, -0.05) is 20.8 Å². The van der Waals surface area contributed by atoms with Crippen LogP contribution in [0.1, 0.15) is 44.0 Å². The van der Waals surface area contributed by atoms with Crippen LogP contribution in [0.2, 0.25) is 0 Å². The standard InChI is InChI=1S/C17H24N2O3/c1-4-9-19-13-10-12(14(20)7-8-18)5-6-15(13)22-16(11(2)3)17(19)21/h5-6,10-11,16H,4,7-9,18H2,1-3H3. The van der Waals surface area contributed by atoms with Gasteiger partial charge >= 0.3 is 0 Å². The average Bonchev–Trinajstić information content (AvgIpc) is 2.49. The molecule has 1 amide bonds. The van der Waals surface area contributed by atoms with Crippen molar-refractivity contribution in [1.29, 1.82) is 0 Å². The van der Waals surface area contributed by atoms with Crippen LogP contribution in [0.15, 0.2) is 18.2 Å². The van der Waals surface area contributed by atoms with E-state index in [1.54, 1.807) is 23.1 Å². The highest BCUT2D eigenvalue weighted by Crippen LogP contribution is 2.36. The normalized spacial score (nSPS) is 17.4. The van der Waals surface area contributed by atoms with Gasteiger partial charge in [0.25, 0.3) is 5.91 Å². The Morgan fingerprint density at radius 2 is 2.14 bits per heavy atom. The van der Waals surface area contributed by atoms with Gasteiger partial charge in [0.15, 0.2) is 11.9 Å². The largest absolute Gasteiger partial charge is 0.478 e. The number of anilines is 1. The SMILES string of the molecule is CCCN1C(=O)C(C(C)C)Oc2ccc(C(=O)CCN)cc21. The lowest BCUT2D eigenvalue weighted by molar-refractivity contribution is -0.128. The van der Waals surface area contributed by atoms with Gasteiger partial charge in [-0.15, -0.1) is 0 Å². The predicted octanol–water partition coefficient (Wildman–Crippen LogP) is 2.38. The minimum atomic E-state index is -0.468. The fourth-order valence-corrected chi connectivity index (χ4v) is 2.61. The first-order valence-electron chi connectivity index (χ1n) is 7.85. The number of nitrogens with zero attached hydrogens (tertiary/aromatic N) is 1. The van der Waals surface area contributed by atoms with E-state index in [4.69, 9.17) is 10.5 Å². The molecule has 1 aliphatic heterocycles. The van der Waals surface area contributed by atoms with Gasteiger partial charge in [0.2, 0.25) is 0 Å². The van der Waals surface area contributed by atoms with Crippen LogP contribution in [0.4, 0.5) is 5.69 Å². The molecule has 0 spiro atoms. The van der Waals surface area contributed by atoms with E-state index in [1.807, 2.05) is 20.8 Å². The molecule has 1 aliphatic rings. The smallest absolute Gasteiger partial charge is 0.268 e. The van der Waals surface area contributed by atoms with Crippen molar-refractivity contribution in [3.63, 3.8) is 0 Å². The zero-order valence-corrected chi connectivity index (χ0v) is 13.5. The van der Waals surface area contributed by atoms with Crippen molar-refractivity contribution in [2.75, 3.05) is 18.0 Å². The van der Waals surface area contributed by atoms with Crippen molar-refractivity contribution in [1.82, 2.24) is 0 Å². The van der Waals surface area contributed by atoms with Crippen molar-refractivity contribution in [2.45, 2.75) is 39.7 Å². The Morgan fingerprint density at radius 1 is 1.41 bits per heavy atom. The monoisotopic (exact) mass is 304 g/mol. The Labute approximate surface area is 131 Å². The lowest BCUT2D eigenvalue weighted by Gasteiger charge is -2.36. The number of Topliss-reactive ketones (excluding diaryl/α,β-unsaturated/α-hetero) is 1. The fourth-order valence-electron chi connectivity index (χ4n) is 2.61. The zero-order chi connectivity index (χ0) is 16.3. The summed E-state index contributed by atoms with van der Waals surface area (Å²) in [5.41, 5.74) is 6.70. The average molecular weight is 304 g/mol. The van der Waals surface area contributed by atoms with Crippen molar-refractivity contribution >= 4 is 17.4 Å². The fraction of sp³-hybridized carbons (Fsp3) is 0.529. The van der Waals surface area contributed by atoms with Crippen LogP contribution in [0.5, 0.6) is 5.75 Å². The number of nitrogens with two attached hydrogens (primary N) is 1. The topological polar surface area (TPSA) is 72.6 Å². The van der Waals surface area contributed by atoms with E-state index in [0.29, 0.717) is 36.5 Å². The quantitative estimate of drug-likeness (QED) is 0.819. The Balaban J connectivity index is 2.41. The second-order valence-corrected chi connectivity index (χ2v) is 5.92. The second kappa shape index (κ2) is 6.92. The van der Waals surface area contributed by atoms with Crippen LogP contribution in [0.25, 0.3) is 0 Å². The first-order valence-corrected chi connectivity index (χ1v) is 7.85. The molecule has 2 rings (SSSR count). The Morgan fingerprint density at radius 3 is 2.73 bits per heavy atom. The summed E-state index contributed by atoms with van der Waals surface area (Å²) in [6.07, 6.45) is 0.678. The molecule has 120 valence electrons. The maximum absolute atomic E-state index is 12.6. The van der Waals surface area contributed by atoms with E-state index < -0.39 is 6.10 Å². The third-order valence-electron chi connectivity index (χ3n) is 3.76. The molecule has 1 aromatic carbocycles. The van der Waals surface area contributed by atoms with Crippen LogP contribution in [0, 0.1) is 5.92 Å². The first-order chi connectivity index (χ1) is 10.5. The summed E-state index contributed by atoms with van der Waals surface area (Å²) in [5.74, 6) is 0.711. The van der Waals surface area contributed by atoms with Crippen molar-refractivity contribution in [3.05, 3.63) is 23.8 Å². The molecular formula is C17H24N2O3. The maximum Gasteiger partial charge on any atom is 0.268 e. The van der Waals surface area contributed by atoms with Crippen LogP contribution in [-0.2, 0) is 4.79 Å². The maximum atomic E-state index is 12.6. The number of benzene rings is 1. The highest BCUT2D eigenvalue weighted by atomic mass is 16.5. The van der Waals surface area contributed by atoms with Gasteiger partial charge in [-0.2, -0.15) is 0 Å². The molecule has 22 heavy (non-hydrogen) atoms. The molecule has 2 N–H and O–H groups in total. The molecule has 0 bridgehead atoms. The van der Waals surface area contributed by atoms with Gasteiger partial charge in [-0.3, -0.25) is 9.59 Å². The molecule has 0 saturated heterocycles. The van der Waals surface area contributed by atoms with Crippen LogP contribution in [0.3, 0.4) is 0 Å². The molecule has 5 nitrogen and oxygen atoms in total. The highest BCUT2D eigenvalue weighted by Gasteiger charge is 2.36. The minimum Gasteiger partial charge on any atom is -0.478 e. The Bertz CT molecular complexity index is 569. The number of amides is 1. The third-order valence-corrected chi connectivity index (χ3v) is 3.76. The predicted molar refractivity (Wildman–Crippen MR) is 86.3 cm³/mol. The van der Waals surface area contributed by atoms with Gasteiger partial charge in [0.1, 0.15) is 5.75 Å². The highest BCUT2D eigenvalue weighted by molar-refractivity contribution is 6.03. The summed E-state index contributed by atoms with van der Waals surface area (Å²) >= 11 is 0. The van der Waals surface area contributed by atoms with Crippen LogP contribution >= 0.6 is 0 Å². The number of carbonyl (C=O) groups excluding carboxylic acids is 2. The van der Waals surface area contributed by atoms with Crippen molar-refractivity contribution in [3.8, 4) is 5.75 Å². The molecule has 1 aromatic rings. The summed E-state index contributed by atoms with van der Waals surface area (Å²) in [4.78, 5) is 26.4. The van der Waals surface area contributed by atoms with E-state index in [9.17, 15) is 9.59 Å². The van der Waals surface area contributed by atoms with Gasteiger partial charge in [0, 0.05) is 18.5 Å². The second-order valence-electron chi connectivity index (χ2n) is 5.92. The summed E-state index contributed by atoms with van der Waals surface area (Å²) in [6, 6.07) is 5.27. The molecule has 0 aliphatic carbocycles. The first kappa shape index (κ1) is 16.5. The molecule has 1 heterocycles. The number of hydrogen-bond acceptors (Lipinski definition) is 4. The van der Waals surface area contributed by atoms with E-state index in [1.165, 1.54) is 0 Å². The Hall–Kier alpha value is -1.88. The van der Waals surface area contributed by atoms with Gasteiger partial charge < -0.3 is 15.4 Å². The molecule has 1 unspecified atom stereocenters. The van der Waals surface area contributed by atoms with Gasteiger partial charge in [0.05, 0.1) is 5.69 Å². The minimum absolute atomic E-state index is 0.0137. The number of fused-ring (bicyclic) bond motifs is 1. The van der Waals surface area contributed by atoms with E-state index in [2.05, 4.69) is 0 Å². The molecular weight excluding hydrogens is 280 g/mol. The zero-order valence-electron chi connectivity index (χ0n) is 13.5. The number of ether oxygens (including phenoxy) is 1.